The minimum Gasteiger partial charge on any atom is -0.497 e. The maximum atomic E-state index is 12.9. The molecule has 31 heavy (non-hydrogen) atoms. The molecule has 0 amide bonds. The molecule has 0 bridgehead atoms. The van der Waals surface area contributed by atoms with Gasteiger partial charge in [-0.1, -0.05) is 63.2 Å². The molecule has 0 radical (unpaired) electrons. The van der Waals surface area contributed by atoms with Gasteiger partial charge >= 0.3 is 11.9 Å². The number of carbonyl (C=O) groups excluding carboxylic acids is 2. The predicted molar refractivity (Wildman–Crippen MR) is 117 cm³/mol. The summed E-state index contributed by atoms with van der Waals surface area (Å²) in [5.41, 5.74) is 1.20. The van der Waals surface area contributed by atoms with Crippen LogP contribution >= 0.6 is 0 Å². The van der Waals surface area contributed by atoms with Crippen molar-refractivity contribution >= 4 is 17.5 Å². The van der Waals surface area contributed by atoms with Crippen LogP contribution in [0.1, 0.15) is 38.3 Å². The number of hydrogen-bond acceptors (Lipinski definition) is 6. The number of rotatable bonds is 9. The van der Waals surface area contributed by atoms with Gasteiger partial charge in [-0.25, -0.2) is 4.79 Å². The van der Waals surface area contributed by atoms with E-state index < -0.39 is 11.4 Å². The molecular weight excluding hydrogens is 394 g/mol. The van der Waals surface area contributed by atoms with Gasteiger partial charge in [0.05, 0.1) is 13.7 Å². The summed E-state index contributed by atoms with van der Waals surface area (Å²) < 4.78 is 15.8. The maximum absolute atomic E-state index is 12.9. The lowest BCUT2D eigenvalue weighted by Gasteiger charge is -2.23. The van der Waals surface area contributed by atoms with Crippen LogP contribution in [-0.4, -0.2) is 32.3 Å². The van der Waals surface area contributed by atoms with Gasteiger partial charge < -0.3 is 14.2 Å². The van der Waals surface area contributed by atoms with Crippen LogP contribution < -0.4 is 4.74 Å². The third-order valence-electron chi connectivity index (χ3n) is 4.51. The molecule has 2 aromatic rings. The van der Waals surface area contributed by atoms with E-state index >= 15 is 0 Å². The van der Waals surface area contributed by atoms with Crippen molar-refractivity contribution in [2.24, 2.45) is 5.41 Å². The maximum Gasteiger partial charge on any atom is 0.349 e. The van der Waals surface area contributed by atoms with Crippen molar-refractivity contribution in [1.82, 2.24) is 0 Å². The van der Waals surface area contributed by atoms with Crippen molar-refractivity contribution in [1.29, 1.82) is 5.26 Å². The predicted octanol–water partition coefficient (Wildman–Crippen LogP) is 4.54. The van der Waals surface area contributed by atoms with Crippen LogP contribution in [0.2, 0.25) is 0 Å². The van der Waals surface area contributed by atoms with E-state index in [1.165, 1.54) is 0 Å². The Bertz CT molecular complexity index is 969. The first-order valence-electron chi connectivity index (χ1n) is 9.98. The molecule has 0 atom stereocenters. The Morgan fingerprint density at radius 2 is 1.52 bits per heavy atom. The minimum atomic E-state index is -0.730. The first kappa shape index (κ1) is 23.7. The van der Waals surface area contributed by atoms with Gasteiger partial charge in [-0.3, -0.25) is 4.79 Å². The number of benzene rings is 2. The second kappa shape index (κ2) is 11.0. The van der Waals surface area contributed by atoms with E-state index in [4.69, 9.17) is 14.2 Å². The van der Waals surface area contributed by atoms with E-state index in [2.05, 4.69) is 0 Å². The van der Waals surface area contributed by atoms with Crippen molar-refractivity contribution in [2.75, 3.05) is 20.3 Å². The van der Waals surface area contributed by atoms with Gasteiger partial charge in [-0.05, 0) is 23.3 Å². The fourth-order valence-corrected chi connectivity index (χ4v) is 2.77. The Morgan fingerprint density at radius 3 is 2.06 bits per heavy atom. The lowest BCUT2D eigenvalue weighted by molar-refractivity contribution is -0.150. The molecule has 6 heteroatoms. The normalized spacial score (nSPS) is 11.7. The average Bonchev–Trinajstić information content (AvgIpc) is 2.80. The molecule has 2 rings (SSSR count). The number of carbonyl (C=O) groups is 2. The summed E-state index contributed by atoms with van der Waals surface area (Å²) in [5, 5.41) is 9.83. The topological polar surface area (TPSA) is 85.6 Å². The molecule has 0 aliphatic heterocycles. The molecule has 0 spiro atoms. The highest BCUT2D eigenvalue weighted by atomic mass is 16.5. The smallest absolute Gasteiger partial charge is 0.349 e. The summed E-state index contributed by atoms with van der Waals surface area (Å²) in [7, 11) is 1.57. The summed E-state index contributed by atoms with van der Waals surface area (Å²) in [6.45, 7) is 5.46. The summed E-state index contributed by atoms with van der Waals surface area (Å²) in [6, 6.07) is 18.3. The van der Waals surface area contributed by atoms with Crippen molar-refractivity contribution < 1.29 is 23.8 Å². The van der Waals surface area contributed by atoms with Crippen molar-refractivity contribution in [3.63, 3.8) is 0 Å². The van der Waals surface area contributed by atoms with Crippen LogP contribution in [0.5, 0.6) is 5.75 Å². The molecule has 6 nitrogen and oxygen atoms in total. The summed E-state index contributed by atoms with van der Waals surface area (Å²) >= 11 is 0. The highest BCUT2D eigenvalue weighted by molar-refractivity contribution is 6.05. The zero-order valence-corrected chi connectivity index (χ0v) is 18.3. The molecular formula is C25H27NO5. The standard InChI is InChI=1S/C25H27NO5/c1-5-22(27)30-16-25(2,3)17-31-24(28)21(15-26)23(18-9-7-6-8-10-18)19-11-13-20(29-4)14-12-19/h6-14H,5,16-17H2,1-4H3. The molecule has 0 saturated heterocycles. The molecule has 2 aromatic carbocycles. The van der Waals surface area contributed by atoms with Gasteiger partial charge in [-0.15, -0.1) is 0 Å². The Balaban J connectivity index is 2.34. The number of methoxy groups -OCH3 is 1. The fourth-order valence-electron chi connectivity index (χ4n) is 2.77. The molecule has 0 heterocycles. The largest absolute Gasteiger partial charge is 0.497 e. The molecule has 0 fully saturated rings. The molecule has 162 valence electrons. The fraction of sp³-hybridized carbons (Fsp3) is 0.320. The second-order valence-electron chi connectivity index (χ2n) is 7.71. The number of nitrogens with zero attached hydrogens (tertiary/aromatic N) is 1. The first-order chi connectivity index (χ1) is 14.8. The van der Waals surface area contributed by atoms with E-state index in [0.717, 1.165) is 5.56 Å². The monoisotopic (exact) mass is 421 g/mol. The molecule has 0 unspecified atom stereocenters. The number of hydrogen-bond donors (Lipinski definition) is 0. The summed E-state index contributed by atoms with van der Waals surface area (Å²) in [5.74, 6) is -0.379. The quantitative estimate of drug-likeness (QED) is 0.336. The van der Waals surface area contributed by atoms with Gasteiger partial charge in [0.2, 0.25) is 0 Å². The van der Waals surface area contributed by atoms with Crippen molar-refractivity contribution in [3.05, 3.63) is 71.3 Å². The van der Waals surface area contributed by atoms with Crippen LogP contribution in [-0.2, 0) is 19.1 Å². The van der Waals surface area contributed by atoms with Crippen LogP contribution in [0.25, 0.3) is 5.57 Å². The summed E-state index contributed by atoms with van der Waals surface area (Å²) in [4.78, 5) is 24.3. The van der Waals surface area contributed by atoms with Crippen LogP contribution in [0, 0.1) is 16.7 Å². The van der Waals surface area contributed by atoms with Gasteiger partial charge in [0.15, 0.2) is 0 Å². The van der Waals surface area contributed by atoms with Crippen molar-refractivity contribution in [2.45, 2.75) is 27.2 Å². The van der Waals surface area contributed by atoms with Gasteiger partial charge in [0.1, 0.15) is 24.0 Å². The van der Waals surface area contributed by atoms with Crippen molar-refractivity contribution in [3.8, 4) is 11.8 Å². The Kier molecular flexibility index (Phi) is 8.39. The Labute approximate surface area is 183 Å². The number of ether oxygens (including phenoxy) is 3. The third kappa shape index (κ3) is 6.71. The highest BCUT2D eigenvalue weighted by Gasteiger charge is 2.26. The average molecular weight is 421 g/mol. The molecule has 0 aliphatic carbocycles. The van der Waals surface area contributed by atoms with Gasteiger partial charge in [-0.2, -0.15) is 5.26 Å². The molecule has 0 N–H and O–H groups in total. The Morgan fingerprint density at radius 1 is 0.935 bits per heavy atom. The number of esters is 2. The summed E-state index contributed by atoms with van der Waals surface area (Å²) in [6.07, 6.45) is 0.277. The van der Waals surface area contributed by atoms with E-state index in [1.54, 1.807) is 38.3 Å². The minimum absolute atomic E-state index is 0.00130. The van der Waals surface area contributed by atoms with Gasteiger partial charge in [0.25, 0.3) is 0 Å². The van der Waals surface area contributed by atoms with Gasteiger partial charge in [0, 0.05) is 17.4 Å². The van der Waals surface area contributed by atoms with E-state index in [-0.39, 0.29) is 31.2 Å². The first-order valence-corrected chi connectivity index (χ1v) is 9.98. The number of nitriles is 1. The molecule has 0 aromatic heterocycles. The van der Waals surface area contributed by atoms with Crippen LogP contribution in [0.15, 0.2) is 60.2 Å². The Hall–Kier alpha value is -3.59. The van der Waals surface area contributed by atoms with E-state index in [1.807, 2.05) is 50.2 Å². The zero-order chi connectivity index (χ0) is 22.9. The SMILES string of the molecule is CCC(=O)OCC(C)(C)COC(=O)C(C#N)=C(c1ccccc1)c1ccc(OC)cc1. The van der Waals surface area contributed by atoms with Crippen LogP contribution in [0.4, 0.5) is 0 Å². The third-order valence-corrected chi connectivity index (χ3v) is 4.51. The molecule has 0 saturated carbocycles. The zero-order valence-electron chi connectivity index (χ0n) is 18.3. The lowest BCUT2D eigenvalue weighted by atomic mass is 9.93. The highest BCUT2D eigenvalue weighted by Crippen LogP contribution is 2.29. The van der Waals surface area contributed by atoms with E-state index in [9.17, 15) is 14.9 Å². The van der Waals surface area contributed by atoms with E-state index in [0.29, 0.717) is 16.9 Å². The second-order valence-corrected chi connectivity index (χ2v) is 7.71. The lowest BCUT2D eigenvalue weighted by Crippen LogP contribution is -2.29. The van der Waals surface area contributed by atoms with Crippen LogP contribution in [0.3, 0.4) is 0 Å². The molecule has 0 aliphatic rings.